The van der Waals surface area contributed by atoms with Crippen LogP contribution in [0.2, 0.25) is 0 Å². The molecule has 0 aromatic carbocycles. The Kier molecular flexibility index (Phi) is 2.97. The first kappa shape index (κ1) is 11.2. The molecule has 0 spiro atoms. The van der Waals surface area contributed by atoms with Gasteiger partial charge in [0, 0.05) is 24.2 Å². The van der Waals surface area contributed by atoms with E-state index in [9.17, 15) is 0 Å². The number of aryl methyl sites for hydroxylation is 1. The lowest BCUT2D eigenvalue weighted by Crippen LogP contribution is -2.17. The molecule has 0 bridgehead atoms. The number of nitrogens with zero attached hydrogens (tertiary/aromatic N) is 2. The Balaban J connectivity index is 3.16. The van der Waals surface area contributed by atoms with E-state index in [0.717, 1.165) is 11.3 Å². The van der Waals surface area contributed by atoms with Crippen molar-refractivity contribution in [2.45, 2.75) is 39.2 Å². The van der Waals surface area contributed by atoms with Crippen LogP contribution in [0.15, 0.2) is 6.20 Å². The zero-order chi connectivity index (χ0) is 10.9. The van der Waals surface area contributed by atoms with Gasteiger partial charge in [0.2, 0.25) is 0 Å². The van der Waals surface area contributed by atoms with Crippen molar-refractivity contribution in [3.63, 3.8) is 0 Å². The van der Waals surface area contributed by atoms with Crippen molar-refractivity contribution in [1.29, 1.82) is 0 Å². The molecule has 0 saturated carbocycles. The van der Waals surface area contributed by atoms with E-state index in [2.05, 4.69) is 25.9 Å². The first-order valence-electron chi connectivity index (χ1n) is 4.76. The summed E-state index contributed by atoms with van der Waals surface area (Å²) in [7, 11) is 1.90. The van der Waals surface area contributed by atoms with Crippen molar-refractivity contribution >= 4 is 0 Å². The molecule has 0 saturated heterocycles. The monoisotopic (exact) mass is 197 g/mol. The van der Waals surface area contributed by atoms with Gasteiger partial charge in [-0.15, -0.1) is 0 Å². The standard InChI is InChI=1S/C10H19N3O/c1-7(14-11)8-6-13(5)12-9(8)10(2,3)4/h6-7H,11H2,1-5H3. The largest absolute Gasteiger partial charge is 0.297 e. The lowest BCUT2D eigenvalue weighted by Gasteiger charge is -2.19. The first-order valence-corrected chi connectivity index (χ1v) is 4.76. The highest BCUT2D eigenvalue weighted by Crippen LogP contribution is 2.28. The van der Waals surface area contributed by atoms with Gasteiger partial charge in [0.1, 0.15) is 6.10 Å². The molecular weight excluding hydrogens is 178 g/mol. The molecule has 2 N–H and O–H groups in total. The lowest BCUT2D eigenvalue weighted by molar-refractivity contribution is 0.0651. The van der Waals surface area contributed by atoms with Gasteiger partial charge in [0.15, 0.2) is 0 Å². The minimum absolute atomic E-state index is 0.0172. The molecule has 0 fully saturated rings. The highest BCUT2D eigenvalue weighted by Gasteiger charge is 2.24. The predicted molar refractivity (Wildman–Crippen MR) is 55.6 cm³/mol. The summed E-state index contributed by atoms with van der Waals surface area (Å²) < 4.78 is 1.80. The SMILES string of the molecule is CC(ON)c1cn(C)nc1C(C)(C)C. The molecule has 4 heteroatoms. The van der Waals surface area contributed by atoms with E-state index in [0.29, 0.717) is 0 Å². The van der Waals surface area contributed by atoms with Crippen LogP contribution in [0.3, 0.4) is 0 Å². The highest BCUT2D eigenvalue weighted by atomic mass is 16.6. The van der Waals surface area contributed by atoms with Crippen LogP contribution in [-0.4, -0.2) is 9.78 Å². The fourth-order valence-electron chi connectivity index (χ4n) is 1.46. The summed E-state index contributed by atoms with van der Waals surface area (Å²) in [5, 5.41) is 4.43. The molecule has 4 nitrogen and oxygen atoms in total. The van der Waals surface area contributed by atoms with Gasteiger partial charge in [-0.25, -0.2) is 5.90 Å². The molecule has 14 heavy (non-hydrogen) atoms. The summed E-state index contributed by atoms with van der Waals surface area (Å²) in [5.74, 6) is 5.19. The van der Waals surface area contributed by atoms with E-state index in [1.165, 1.54) is 0 Å². The van der Waals surface area contributed by atoms with Crippen LogP contribution in [0.25, 0.3) is 0 Å². The Morgan fingerprint density at radius 3 is 2.50 bits per heavy atom. The molecule has 1 rings (SSSR count). The van der Waals surface area contributed by atoms with Crippen LogP contribution in [0.1, 0.15) is 45.1 Å². The van der Waals surface area contributed by atoms with Crippen molar-refractivity contribution in [3.05, 3.63) is 17.5 Å². The maximum absolute atomic E-state index is 5.19. The molecule has 0 aliphatic carbocycles. The minimum atomic E-state index is -0.113. The number of hydrogen-bond acceptors (Lipinski definition) is 3. The fraction of sp³-hybridized carbons (Fsp3) is 0.700. The maximum atomic E-state index is 5.19. The van der Waals surface area contributed by atoms with Gasteiger partial charge in [-0.2, -0.15) is 5.10 Å². The molecular formula is C10H19N3O. The quantitative estimate of drug-likeness (QED) is 0.734. The molecule has 1 atom stereocenters. The van der Waals surface area contributed by atoms with Gasteiger partial charge in [0.05, 0.1) is 5.69 Å². The molecule has 0 aliphatic heterocycles. The Morgan fingerprint density at radius 1 is 1.50 bits per heavy atom. The molecule has 1 heterocycles. The second-order valence-electron chi connectivity index (χ2n) is 4.64. The van der Waals surface area contributed by atoms with Crippen LogP contribution in [0.5, 0.6) is 0 Å². The second kappa shape index (κ2) is 3.71. The summed E-state index contributed by atoms with van der Waals surface area (Å²) in [6, 6.07) is 0. The van der Waals surface area contributed by atoms with Crippen molar-refractivity contribution in [3.8, 4) is 0 Å². The molecule has 80 valence electrons. The molecule has 1 unspecified atom stereocenters. The summed E-state index contributed by atoms with van der Waals surface area (Å²) in [6.07, 6.45) is 1.84. The number of hydrogen-bond donors (Lipinski definition) is 1. The van der Waals surface area contributed by atoms with Crippen molar-refractivity contribution in [1.82, 2.24) is 9.78 Å². The lowest BCUT2D eigenvalue weighted by atomic mass is 9.88. The topological polar surface area (TPSA) is 53.1 Å². The zero-order valence-corrected chi connectivity index (χ0v) is 9.53. The smallest absolute Gasteiger partial charge is 0.104 e. The van der Waals surface area contributed by atoms with Crippen LogP contribution in [-0.2, 0) is 17.3 Å². The first-order chi connectivity index (χ1) is 6.36. The average molecular weight is 197 g/mol. The average Bonchev–Trinajstić information content (AvgIpc) is 2.45. The normalized spacial score (nSPS) is 14.4. The van der Waals surface area contributed by atoms with Crippen molar-refractivity contribution in [2.75, 3.05) is 0 Å². The third-order valence-electron chi connectivity index (χ3n) is 2.21. The van der Waals surface area contributed by atoms with Crippen molar-refractivity contribution in [2.24, 2.45) is 12.9 Å². The second-order valence-corrected chi connectivity index (χ2v) is 4.64. The third-order valence-corrected chi connectivity index (χ3v) is 2.21. The van der Waals surface area contributed by atoms with Gasteiger partial charge in [-0.3, -0.25) is 9.52 Å². The summed E-state index contributed by atoms with van der Waals surface area (Å²) >= 11 is 0. The van der Waals surface area contributed by atoms with Gasteiger partial charge in [-0.1, -0.05) is 20.8 Å². The van der Waals surface area contributed by atoms with E-state index in [-0.39, 0.29) is 11.5 Å². The molecule has 0 aliphatic rings. The summed E-state index contributed by atoms with van der Waals surface area (Å²) in [4.78, 5) is 4.83. The Bertz CT molecular complexity index is 312. The Morgan fingerprint density at radius 2 is 2.07 bits per heavy atom. The Hall–Kier alpha value is -0.870. The van der Waals surface area contributed by atoms with Crippen molar-refractivity contribution < 1.29 is 4.84 Å². The van der Waals surface area contributed by atoms with E-state index in [1.54, 1.807) is 4.68 Å². The van der Waals surface area contributed by atoms with Gasteiger partial charge in [-0.05, 0) is 6.92 Å². The molecule has 0 radical (unpaired) electrons. The van der Waals surface area contributed by atoms with Gasteiger partial charge >= 0.3 is 0 Å². The van der Waals surface area contributed by atoms with E-state index < -0.39 is 0 Å². The molecule has 0 amide bonds. The fourth-order valence-corrected chi connectivity index (χ4v) is 1.46. The van der Waals surface area contributed by atoms with E-state index >= 15 is 0 Å². The predicted octanol–water partition coefficient (Wildman–Crippen LogP) is 1.67. The maximum Gasteiger partial charge on any atom is 0.104 e. The van der Waals surface area contributed by atoms with Gasteiger partial charge in [0.25, 0.3) is 0 Å². The van der Waals surface area contributed by atoms with Crippen LogP contribution in [0, 0.1) is 0 Å². The van der Waals surface area contributed by atoms with Gasteiger partial charge < -0.3 is 0 Å². The summed E-state index contributed by atoms with van der Waals surface area (Å²) in [5.41, 5.74) is 2.11. The van der Waals surface area contributed by atoms with E-state index in [1.807, 2.05) is 20.2 Å². The third kappa shape index (κ3) is 2.13. The molecule has 1 aromatic heterocycles. The number of rotatable bonds is 2. The van der Waals surface area contributed by atoms with Crippen LogP contribution in [0.4, 0.5) is 0 Å². The Labute approximate surface area is 85.0 Å². The van der Waals surface area contributed by atoms with Crippen LogP contribution >= 0.6 is 0 Å². The highest BCUT2D eigenvalue weighted by molar-refractivity contribution is 5.25. The minimum Gasteiger partial charge on any atom is -0.297 e. The number of nitrogens with two attached hydrogens (primary N) is 1. The number of aromatic nitrogens is 2. The van der Waals surface area contributed by atoms with Crippen LogP contribution < -0.4 is 5.90 Å². The van der Waals surface area contributed by atoms with E-state index in [4.69, 9.17) is 10.7 Å². The molecule has 1 aromatic rings. The zero-order valence-electron chi connectivity index (χ0n) is 9.53. The summed E-state index contributed by atoms with van der Waals surface area (Å²) in [6.45, 7) is 8.30.